The Morgan fingerprint density at radius 3 is 2.43 bits per heavy atom. The van der Waals surface area contributed by atoms with Crippen molar-refractivity contribution in [3.8, 4) is 0 Å². The van der Waals surface area contributed by atoms with Gasteiger partial charge in [-0.25, -0.2) is 0 Å². The summed E-state index contributed by atoms with van der Waals surface area (Å²) in [6.45, 7) is 8.59. The molecule has 2 fully saturated rings. The first kappa shape index (κ1) is 17.2. The normalized spacial score (nSPS) is 20.9. The van der Waals surface area contributed by atoms with Gasteiger partial charge in [0.15, 0.2) is 0 Å². The van der Waals surface area contributed by atoms with E-state index in [0.717, 1.165) is 0 Å². The minimum absolute atomic E-state index is 1.19. The van der Waals surface area contributed by atoms with Gasteiger partial charge in [0.05, 0.1) is 0 Å². The maximum Gasteiger partial charge on any atom is 0.0399 e. The van der Waals surface area contributed by atoms with E-state index >= 15 is 0 Å². The number of hydrogen-bond acceptors (Lipinski definition) is 3. The summed E-state index contributed by atoms with van der Waals surface area (Å²) in [7, 11) is 2.23. The molecule has 2 aliphatic rings. The highest BCUT2D eigenvalue weighted by Crippen LogP contribution is 2.28. The molecule has 0 aromatic heterocycles. The van der Waals surface area contributed by atoms with Crippen LogP contribution in [0.5, 0.6) is 0 Å². The number of piperidine rings is 1. The van der Waals surface area contributed by atoms with Crippen molar-refractivity contribution in [3.63, 3.8) is 0 Å². The van der Waals surface area contributed by atoms with E-state index < -0.39 is 0 Å². The highest BCUT2D eigenvalue weighted by atomic mass is 79.9. The summed E-state index contributed by atoms with van der Waals surface area (Å²) < 4.78 is 1.22. The van der Waals surface area contributed by atoms with Crippen molar-refractivity contribution in [2.75, 3.05) is 57.8 Å². The standard InChI is InChI=1S/C19H30BrN3/c1-21-12-14-22(15-13-21)9-5-6-17-16-18(20)7-8-19(17)23-10-3-2-4-11-23/h7-8,16H,2-6,9-15H2,1H3. The molecule has 2 aliphatic heterocycles. The van der Waals surface area contributed by atoms with Crippen LogP contribution in [0.15, 0.2) is 22.7 Å². The molecule has 0 saturated carbocycles. The van der Waals surface area contributed by atoms with Gasteiger partial charge in [0.1, 0.15) is 0 Å². The Balaban J connectivity index is 1.56. The fraction of sp³-hybridized carbons (Fsp3) is 0.684. The lowest BCUT2D eigenvalue weighted by atomic mass is 10.0. The van der Waals surface area contributed by atoms with Gasteiger partial charge in [-0.2, -0.15) is 0 Å². The summed E-state index contributed by atoms with van der Waals surface area (Å²) in [5.41, 5.74) is 3.00. The van der Waals surface area contributed by atoms with Crippen LogP contribution in [0, 0.1) is 0 Å². The second kappa shape index (κ2) is 8.50. The third-order valence-corrected chi connectivity index (χ3v) is 5.75. The molecule has 0 spiro atoms. The van der Waals surface area contributed by atoms with Crippen molar-refractivity contribution in [2.45, 2.75) is 32.1 Å². The lowest BCUT2D eigenvalue weighted by Crippen LogP contribution is -2.44. The summed E-state index contributed by atoms with van der Waals surface area (Å²) in [6, 6.07) is 6.86. The molecule has 0 atom stereocenters. The number of rotatable bonds is 5. The van der Waals surface area contributed by atoms with Crippen LogP contribution in [0.2, 0.25) is 0 Å². The van der Waals surface area contributed by atoms with Crippen LogP contribution in [0.25, 0.3) is 0 Å². The monoisotopic (exact) mass is 379 g/mol. The highest BCUT2D eigenvalue weighted by Gasteiger charge is 2.16. The minimum atomic E-state index is 1.19. The van der Waals surface area contributed by atoms with Gasteiger partial charge in [-0.1, -0.05) is 15.9 Å². The highest BCUT2D eigenvalue weighted by molar-refractivity contribution is 9.10. The van der Waals surface area contributed by atoms with E-state index in [1.165, 1.54) is 93.6 Å². The summed E-state index contributed by atoms with van der Waals surface area (Å²) >= 11 is 3.66. The van der Waals surface area contributed by atoms with E-state index in [4.69, 9.17) is 0 Å². The van der Waals surface area contributed by atoms with Crippen molar-refractivity contribution in [3.05, 3.63) is 28.2 Å². The van der Waals surface area contributed by atoms with Gasteiger partial charge in [0.25, 0.3) is 0 Å². The van der Waals surface area contributed by atoms with E-state index in [0.29, 0.717) is 0 Å². The molecule has 0 amide bonds. The lowest BCUT2D eigenvalue weighted by Gasteiger charge is -2.33. The first-order valence-electron chi connectivity index (χ1n) is 9.16. The smallest absolute Gasteiger partial charge is 0.0399 e. The van der Waals surface area contributed by atoms with Crippen LogP contribution in [-0.2, 0) is 6.42 Å². The molecule has 1 aromatic rings. The van der Waals surface area contributed by atoms with Crippen molar-refractivity contribution < 1.29 is 0 Å². The fourth-order valence-electron chi connectivity index (χ4n) is 3.76. The molecular weight excluding hydrogens is 350 g/mol. The van der Waals surface area contributed by atoms with Crippen LogP contribution in [0.4, 0.5) is 5.69 Å². The first-order chi connectivity index (χ1) is 11.2. The molecular formula is C19H30BrN3. The van der Waals surface area contributed by atoms with Gasteiger partial charge in [-0.15, -0.1) is 0 Å². The van der Waals surface area contributed by atoms with Gasteiger partial charge in [0, 0.05) is 49.4 Å². The number of hydrogen-bond donors (Lipinski definition) is 0. The molecule has 4 heteroatoms. The number of nitrogens with zero attached hydrogens (tertiary/aromatic N) is 3. The van der Waals surface area contributed by atoms with E-state index in [2.05, 4.69) is 55.9 Å². The Kier molecular flexibility index (Phi) is 6.37. The minimum Gasteiger partial charge on any atom is -0.371 e. The number of benzene rings is 1. The molecule has 2 heterocycles. The number of piperazine rings is 1. The average Bonchev–Trinajstić information content (AvgIpc) is 2.58. The predicted octanol–water partition coefficient (Wildman–Crippen LogP) is 3.62. The summed E-state index contributed by atoms with van der Waals surface area (Å²) in [6.07, 6.45) is 6.54. The molecule has 0 radical (unpaired) electrons. The van der Waals surface area contributed by atoms with Gasteiger partial charge < -0.3 is 14.7 Å². The molecule has 3 rings (SSSR count). The van der Waals surface area contributed by atoms with Crippen molar-refractivity contribution in [1.29, 1.82) is 0 Å². The molecule has 0 unspecified atom stereocenters. The average molecular weight is 380 g/mol. The quantitative estimate of drug-likeness (QED) is 0.773. The SMILES string of the molecule is CN1CCN(CCCc2cc(Br)ccc2N2CCCCC2)CC1. The zero-order valence-corrected chi connectivity index (χ0v) is 16.0. The zero-order chi connectivity index (χ0) is 16.1. The van der Waals surface area contributed by atoms with E-state index in [9.17, 15) is 0 Å². The maximum atomic E-state index is 3.66. The number of halogens is 1. The molecule has 0 aliphatic carbocycles. The Bertz CT molecular complexity index is 491. The first-order valence-corrected chi connectivity index (χ1v) is 9.96. The molecule has 128 valence electrons. The summed E-state index contributed by atoms with van der Waals surface area (Å²) in [5, 5.41) is 0. The van der Waals surface area contributed by atoms with E-state index in [1.807, 2.05) is 0 Å². The van der Waals surface area contributed by atoms with E-state index in [-0.39, 0.29) is 0 Å². The van der Waals surface area contributed by atoms with Crippen LogP contribution in [0.3, 0.4) is 0 Å². The Morgan fingerprint density at radius 2 is 1.70 bits per heavy atom. The lowest BCUT2D eigenvalue weighted by molar-refractivity contribution is 0.153. The third-order valence-electron chi connectivity index (χ3n) is 5.25. The van der Waals surface area contributed by atoms with Crippen LogP contribution >= 0.6 is 15.9 Å². The molecule has 23 heavy (non-hydrogen) atoms. The molecule has 2 saturated heterocycles. The van der Waals surface area contributed by atoms with E-state index in [1.54, 1.807) is 0 Å². The van der Waals surface area contributed by atoms with Crippen molar-refractivity contribution in [2.24, 2.45) is 0 Å². The Morgan fingerprint density at radius 1 is 0.957 bits per heavy atom. The second-order valence-corrected chi connectivity index (χ2v) is 7.98. The molecule has 0 N–H and O–H groups in total. The zero-order valence-electron chi connectivity index (χ0n) is 14.4. The van der Waals surface area contributed by atoms with Crippen LogP contribution in [0.1, 0.15) is 31.2 Å². The maximum absolute atomic E-state index is 3.66. The number of aryl methyl sites for hydroxylation is 1. The van der Waals surface area contributed by atoms with Crippen molar-refractivity contribution in [1.82, 2.24) is 9.80 Å². The van der Waals surface area contributed by atoms with Gasteiger partial charge in [-0.05, 0) is 69.5 Å². The van der Waals surface area contributed by atoms with Crippen LogP contribution < -0.4 is 4.90 Å². The third kappa shape index (κ3) is 4.94. The molecule has 1 aromatic carbocycles. The fourth-order valence-corrected chi connectivity index (χ4v) is 4.17. The Hall–Kier alpha value is -0.580. The largest absolute Gasteiger partial charge is 0.371 e. The number of anilines is 1. The Labute approximate surface area is 149 Å². The van der Waals surface area contributed by atoms with Gasteiger partial charge >= 0.3 is 0 Å². The topological polar surface area (TPSA) is 9.72 Å². The van der Waals surface area contributed by atoms with Gasteiger partial charge in [0.2, 0.25) is 0 Å². The summed E-state index contributed by atoms with van der Waals surface area (Å²) in [4.78, 5) is 7.65. The summed E-state index contributed by atoms with van der Waals surface area (Å²) in [5.74, 6) is 0. The predicted molar refractivity (Wildman–Crippen MR) is 102 cm³/mol. The van der Waals surface area contributed by atoms with Crippen molar-refractivity contribution >= 4 is 21.6 Å². The molecule has 0 bridgehead atoms. The molecule has 3 nitrogen and oxygen atoms in total. The van der Waals surface area contributed by atoms with Crippen LogP contribution in [-0.4, -0.2) is 62.7 Å². The number of likely N-dealkylation sites (N-methyl/N-ethyl adjacent to an activating group) is 1. The second-order valence-electron chi connectivity index (χ2n) is 7.07. The van der Waals surface area contributed by atoms with Gasteiger partial charge in [-0.3, -0.25) is 0 Å².